The van der Waals surface area contributed by atoms with Crippen LogP contribution in [0.3, 0.4) is 0 Å². The molecule has 0 radical (unpaired) electrons. The zero-order valence-electron chi connectivity index (χ0n) is 7.71. The summed E-state index contributed by atoms with van der Waals surface area (Å²) in [6, 6.07) is 0. The van der Waals surface area contributed by atoms with E-state index in [1.54, 1.807) is 6.20 Å². The molecule has 4 heteroatoms. The molecule has 0 saturated carbocycles. The summed E-state index contributed by atoms with van der Waals surface area (Å²) in [7, 11) is 0. The van der Waals surface area contributed by atoms with Crippen molar-refractivity contribution in [3.05, 3.63) is 22.1 Å². The minimum Gasteiger partial charge on any atom is -0.383 e. The Morgan fingerprint density at radius 2 is 2.54 bits per heavy atom. The van der Waals surface area contributed by atoms with Crippen LogP contribution in [0.1, 0.15) is 18.9 Å². The highest BCUT2D eigenvalue weighted by atomic mass is 16.1. The molecule has 13 heavy (non-hydrogen) atoms. The van der Waals surface area contributed by atoms with Crippen molar-refractivity contribution in [2.75, 3.05) is 11.9 Å². The van der Waals surface area contributed by atoms with Gasteiger partial charge in [0.15, 0.2) is 0 Å². The molecule has 1 aromatic heterocycles. The number of hydrogen-bond acceptors (Lipinski definition) is 3. The lowest BCUT2D eigenvalue weighted by Gasteiger charge is -2.17. The first-order valence-corrected chi connectivity index (χ1v) is 4.66. The number of aromatic nitrogens is 2. The Morgan fingerprint density at radius 3 is 3.31 bits per heavy atom. The Bertz CT molecular complexity index is 370. The first-order chi connectivity index (χ1) is 6.33. The fraction of sp³-hybridized carbons (Fsp3) is 0.556. The monoisotopic (exact) mass is 179 g/mol. The Hall–Kier alpha value is -1.32. The summed E-state index contributed by atoms with van der Waals surface area (Å²) < 4.78 is 1.51. The van der Waals surface area contributed by atoms with Crippen LogP contribution in [0.15, 0.2) is 11.0 Å². The predicted octanol–water partition coefficient (Wildman–Crippen LogP) is 0.621. The Balaban J connectivity index is 2.55. The van der Waals surface area contributed by atoms with E-state index < -0.39 is 0 Å². The molecule has 0 aromatic carbocycles. The van der Waals surface area contributed by atoms with Gasteiger partial charge in [0.25, 0.3) is 5.56 Å². The van der Waals surface area contributed by atoms with Gasteiger partial charge in [-0.1, -0.05) is 0 Å². The highest BCUT2D eigenvalue weighted by Crippen LogP contribution is 2.15. The second-order valence-corrected chi connectivity index (χ2v) is 3.19. The van der Waals surface area contributed by atoms with Gasteiger partial charge in [0.2, 0.25) is 0 Å². The third kappa shape index (κ3) is 1.32. The molecule has 1 aliphatic heterocycles. The molecular weight excluding hydrogens is 166 g/mol. The number of nitrogens with zero attached hydrogens (tertiary/aromatic N) is 2. The first-order valence-electron chi connectivity index (χ1n) is 4.66. The zero-order valence-corrected chi connectivity index (χ0v) is 7.71. The van der Waals surface area contributed by atoms with Gasteiger partial charge in [-0.2, -0.15) is 5.10 Å². The molecular formula is C9H13N3O. The van der Waals surface area contributed by atoms with E-state index in [0.717, 1.165) is 30.6 Å². The molecule has 0 bridgehead atoms. The second kappa shape index (κ2) is 3.20. The van der Waals surface area contributed by atoms with Crippen molar-refractivity contribution in [3.8, 4) is 0 Å². The van der Waals surface area contributed by atoms with Crippen molar-refractivity contribution in [1.82, 2.24) is 9.78 Å². The zero-order chi connectivity index (χ0) is 9.26. The summed E-state index contributed by atoms with van der Waals surface area (Å²) >= 11 is 0. The molecule has 0 aliphatic carbocycles. The van der Waals surface area contributed by atoms with Crippen LogP contribution in [0.5, 0.6) is 0 Å². The van der Waals surface area contributed by atoms with Crippen LogP contribution in [0.25, 0.3) is 0 Å². The third-order valence-corrected chi connectivity index (χ3v) is 2.36. The van der Waals surface area contributed by atoms with E-state index in [0.29, 0.717) is 6.54 Å². The van der Waals surface area contributed by atoms with Crippen molar-refractivity contribution in [2.45, 2.75) is 26.3 Å². The number of anilines is 1. The van der Waals surface area contributed by atoms with Crippen molar-refractivity contribution >= 4 is 5.69 Å². The van der Waals surface area contributed by atoms with Crippen molar-refractivity contribution < 1.29 is 0 Å². The lowest BCUT2D eigenvalue weighted by molar-refractivity contribution is 0.601. The third-order valence-electron chi connectivity index (χ3n) is 2.36. The van der Waals surface area contributed by atoms with E-state index >= 15 is 0 Å². The maximum absolute atomic E-state index is 11.7. The molecule has 0 atom stereocenters. The van der Waals surface area contributed by atoms with E-state index in [4.69, 9.17) is 0 Å². The van der Waals surface area contributed by atoms with Gasteiger partial charge in [0.1, 0.15) is 0 Å². The molecule has 0 saturated heterocycles. The largest absolute Gasteiger partial charge is 0.383 e. The van der Waals surface area contributed by atoms with E-state index in [1.165, 1.54) is 4.68 Å². The minimum atomic E-state index is 0.0622. The van der Waals surface area contributed by atoms with Crippen LogP contribution in [0.4, 0.5) is 5.69 Å². The van der Waals surface area contributed by atoms with Gasteiger partial charge in [-0.3, -0.25) is 4.79 Å². The number of rotatable bonds is 1. The Morgan fingerprint density at radius 1 is 1.69 bits per heavy atom. The van der Waals surface area contributed by atoms with Crippen molar-refractivity contribution in [2.24, 2.45) is 0 Å². The van der Waals surface area contributed by atoms with Gasteiger partial charge in [-0.15, -0.1) is 0 Å². The average Bonchev–Trinajstić information content (AvgIpc) is 2.19. The van der Waals surface area contributed by atoms with Gasteiger partial charge in [-0.05, 0) is 19.8 Å². The fourth-order valence-electron chi connectivity index (χ4n) is 1.64. The van der Waals surface area contributed by atoms with Crippen LogP contribution >= 0.6 is 0 Å². The van der Waals surface area contributed by atoms with Gasteiger partial charge in [0.05, 0.1) is 11.9 Å². The summed E-state index contributed by atoms with van der Waals surface area (Å²) in [4.78, 5) is 11.7. The molecule has 1 N–H and O–H groups in total. The standard InChI is InChI=1S/C9H13N3O/c1-2-12-9(13)7-4-3-5-10-8(7)6-11-12/h6,10H,2-5H2,1H3. The normalized spacial score (nSPS) is 14.8. The number of fused-ring (bicyclic) bond motifs is 1. The molecule has 70 valence electrons. The number of hydrogen-bond donors (Lipinski definition) is 1. The maximum Gasteiger partial charge on any atom is 0.272 e. The Labute approximate surface area is 76.6 Å². The number of aryl methyl sites for hydroxylation is 1. The van der Waals surface area contributed by atoms with Crippen LogP contribution in [0.2, 0.25) is 0 Å². The van der Waals surface area contributed by atoms with E-state index in [-0.39, 0.29) is 5.56 Å². The van der Waals surface area contributed by atoms with Gasteiger partial charge in [-0.25, -0.2) is 4.68 Å². The minimum absolute atomic E-state index is 0.0622. The molecule has 1 aliphatic rings. The Kier molecular flexibility index (Phi) is 2.04. The average molecular weight is 179 g/mol. The highest BCUT2D eigenvalue weighted by Gasteiger charge is 2.13. The van der Waals surface area contributed by atoms with Crippen LogP contribution in [-0.4, -0.2) is 16.3 Å². The van der Waals surface area contributed by atoms with Gasteiger partial charge in [0, 0.05) is 18.7 Å². The van der Waals surface area contributed by atoms with Crippen molar-refractivity contribution in [1.29, 1.82) is 0 Å². The summed E-state index contributed by atoms with van der Waals surface area (Å²) in [5.41, 5.74) is 1.87. The molecule has 0 unspecified atom stereocenters. The lowest BCUT2D eigenvalue weighted by atomic mass is 10.1. The molecule has 0 amide bonds. The SMILES string of the molecule is CCn1ncc2c(c1=O)CCCN2. The number of nitrogens with one attached hydrogen (secondary N) is 1. The molecule has 1 aromatic rings. The predicted molar refractivity (Wildman–Crippen MR) is 51.0 cm³/mol. The van der Waals surface area contributed by atoms with Crippen LogP contribution in [0, 0.1) is 0 Å². The van der Waals surface area contributed by atoms with E-state index in [9.17, 15) is 4.79 Å². The van der Waals surface area contributed by atoms with E-state index in [1.807, 2.05) is 6.92 Å². The van der Waals surface area contributed by atoms with E-state index in [2.05, 4.69) is 10.4 Å². The first kappa shape index (κ1) is 8.29. The van der Waals surface area contributed by atoms with Crippen LogP contribution < -0.4 is 10.9 Å². The molecule has 0 fully saturated rings. The highest BCUT2D eigenvalue weighted by molar-refractivity contribution is 5.49. The molecule has 2 heterocycles. The van der Waals surface area contributed by atoms with Crippen LogP contribution in [-0.2, 0) is 13.0 Å². The second-order valence-electron chi connectivity index (χ2n) is 3.19. The smallest absolute Gasteiger partial charge is 0.272 e. The molecule has 0 spiro atoms. The van der Waals surface area contributed by atoms with Gasteiger partial charge < -0.3 is 5.32 Å². The van der Waals surface area contributed by atoms with Crippen molar-refractivity contribution in [3.63, 3.8) is 0 Å². The molecule has 2 rings (SSSR count). The summed E-state index contributed by atoms with van der Waals surface area (Å²) in [6.07, 6.45) is 3.67. The summed E-state index contributed by atoms with van der Waals surface area (Å²) in [6.45, 7) is 3.52. The molecule has 4 nitrogen and oxygen atoms in total. The maximum atomic E-state index is 11.7. The quantitative estimate of drug-likeness (QED) is 0.687. The topological polar surface area (TPSA) is 46.9 Å². The summed E-state index contributed by atoms with van der Waals surface area (Å²) in [5, 5.41) is 7.23. The fourth-order valence-corrected chi connectivity index (χ4v) is 1.64. The summed E-state index contributed by atoms with van der Waals surface area (Å²) in [5.74, 6) is 0. The lowest BCUT2D eigenvalue weighted by Crippen LogP contribution is -2.29. The van der Waals surface area contributed by atoms with Gasteiger partial charge >= 0.3 is 0 Å².